The summed E-state index contributed by atoms with van der Waals surface area (Å²) in [6.07, 6.45) is 7.24. The lowest BCUT2D eigenvalue weighted by Crippen LogP contribution is -2.56. The summed E-state index contributed by atoms with van der Waals surface area (Å²) < 4.78 is 23.5. The van der Waals surface area contributed by atoms with Crippen LogP contribution < -0.4 is 5.73 Å². The summed E-state index contributed by atoms with van der Waals surface area (Å²) in [4.78, 5) is 25.1. The Morgan fingerprint density at radius 1 is 0.672 bits per heavy atom. The van der Waals surface area contributed by atoms with E-state index in [0.29, 0.717) is 0 Å². The van der Waals surface area contributed by atoms with Gasteiger partial charge in [-0.2, -0.15) is 0 Å². The van der Waals surface area contributed by atoms with Crippen molar-refractivity contribution in [3.63, 3.8) is 0 Å². The van der Waals surface area contributed by atoms with Gasteiger partial charge in [0.1, 0.15) is 12.0 Å². The molecule has 3 rings (SSSR count). The molecule has 0 aliphatic carbocycles. The molecule has 17 nitrogen and oxygen atoms in total. The molecule has 362 valence electrons. The van der Waals surface area contributed by atoms with Crippen LogP contribution in [0.1, 0.15) is 85.5 Å². The van der Waals surface area contributed by atoms with Gasteiger partial charge in [-0.15, -0.1) is 0 Å². The topological polar surface area (TPSA) is 299 Å². The van der Waals surface area contributed by atoms with Crippen molar-refractivity contribution in [3.8, 4) is 0 Å². The normalized spacial score (nSPS) is 44.8. The first kappa shape index (κ1) is 54.9. The first-order valence-corrected chi connectivity index (χ1v) is 22.2. The molecule has 2 fully saturated rings. The van der Waals surface area contributed by atoms with Crippen LogP contribution in [0.25, 0.3) is 0 Å². The summed E-state index contributed by atoms with van der Waals surface area (Å²) in [6.45, 7) is 6.87. The third kappa shape index (κ3) is 18.8. The number of aliphatic carboxylic acids is 1. The Labute approximate surface area is 376 Å². The van der Waals surface area contributed by atoms with E-state index < -0.39 is 141 Å². The minimum Gasteiger partial charge on any atom is -0.481 e. The van der Waals surface area contributed by atoms with Gasteiger partial charge in [0.15, 0.2) is 12.1 Å². The predicted octanol–water partition coefficient (Wildman–Crippen LogP) is 1.74. The van der Waals surface area contributed by atoms with Gasteiger partial charge < -0.3 is 75.7 Å². The second-order valence-corrected chi connectivity index (χ2v) is 17.5. The zero-order valence-corrected chi connectivity index (χ0v) is 37.3. The van der Waals surface area contributed by atoms with Gasteiger partial charge in [-0.1, -0.05) is 98.9 Å². The standard InChI is InChI=1S/C47H73NO16/c1-28-17-15-13-11-9-7-5-6-8-10-12-14-16-18-35(63-42-25-36(48)45(57)31(4)62-42)24-40-43(46(58)59)39(54)27-47(60,64-40)26-34(51)22-38(53)37(52)20-19-32(49)21-33(50)23-41(55)61-30(3)29(2)44(28)56/h5-18,28-40,42-45,49-54,56-57,60H,19-27,48H2,1-4H3,(H,58,59)/b6-5+,9-7+,10-8+,13-11+,14-12+,17-15+,18-16+/t28-,29-,30-,31-,32?,33+,34-,35-,36+,37+,38?,39-,40-,42+,43+,44+,45+,47+/m0/s1. The number of hydrogen-bond acceptors (Lipinski definition) is 16. The van der Waals surface area contributed by atoms with Gasteiger partial charge in [0.25, 0.3) is 0 Å². The maximum atomic E-state index is 12.6. The Kier molecular flexibility index (Phi) is 23.4. The first-order valence-electron chi connectivity index (χ1n) is 22.2. The fourth-order valence-electron chi connectivity index (χ4n) is 7.98. The number of carboxylic acid groups (broad SMARTS) is 1. The van der Waals surface area contributed by atoms with Crippen LogP contribution in [0.2, 0.25) is 0 Å². The molecule has 64 heavy (non-hydrogen) atoms. The van der Waals surface area contributed by atoms with Crippen molar-refractivity contribution in [1.82, 2.24) is 0 Å². The maximum Gasteiger partial charge on any atom is 0.311 e. The Bertz CT molecular complexity index is 1620. The van der Waals surface area contributed by atoms with E-state index in [1.165, 1.54) is 0 Å². The van der Waals surface area contributed by atoms with Crippen LogP contribution in [0.5, 0.6) is 0 Å². The Hall–Kier alpha value is -3.40. The van der Waals surface area contributed by atoms with E-state index >= 15 is 0 Å². The third-order valence-corrected chi connectivity index (χ3v) is 11.9. The highest BCUT2D eigenvalue weighted by molar-refractivity contribution is 5.71. The Balaban J connectivity index is 1.84. The number of carbonyl (C=O) groups excluding carboxylic acids is 1. The van der Waals surface area contributed by atoms with Crippen LogP contribution in [0.3, 0.4) is 0 Å². The number of aliphatic hydroxyl groups excluding tert-OH is 8. The molecule has 3 heterocycles. The summed E-state index contributed by atoms with van der Waals surface area (Å²) in [5.74, 6) is -6.62. The van der Waals surface area contributed by atoms with E-state index in [1.807, 2.05) is 49.5 Å². The average Bonchev–Trinajstić information content (AvgIpc) is 3.19. The number of fused-ring (bicyclic) bond motifs is 2. The lowest BCUT2D eigenvalue weighted by molar-refractivity contribution is -0.304. The van der Waals surface area contributed by atoms with Crippen LogP contribution in [0, 0.1) is 17.8 Å². The van der Waals surface area contributed by atoms with E-state index in [-0.39, 0.29) is 38.0 Å². The molecule has 0 radical (unpaired) electrons. The first-order chi connectivity index (χ1) is 30.2. The Morgan fingerprint density at radius 3 is 1.83 bits per heavy atom. The molecule has 18 atom stereocenters. The number of hydrogen-bond donors (Lipinski definition) is 11. The quantitative estimate of drug-likeness (QED) is 0.180. The molecule has 2 saturated heterocycles. The fourth-order valence-corrected chi connectivity index (χ4v) is 7.98. The van der Waals surface area contributed by atoms with E-state index in [0.717, 1.165) is 0 Å². The minimum atomic E-state index is -2.27. The molecule has 0 aromatic rings. The number of carbonyl (C=O) groups is 2. The maximum absolute atomic E-state index is 12.6. The van der Waals surface area contributed by atoms with Crippen molar-refractivity contribution in [1.29, 1.82) is 0 Å². The van der Waals surface area contributed by atoms with Crippen molar-refractivity contribution < 1.29 is 79.6 Å². The Morgan fingerprint density at radius 2 is 1.25 bits per heavy atom. The molecule has 0 aromatic heterocycles. The number of esters is 1. The summed E-state index contributed by atoms with van der Waals surface area (Å²) in [6, 6.07) is -0.671. The van der Waals surface area contributed by atoms with Crippen LogP contribution >= 0.6 is 0 Å². The lowest BCUT2D eigenvalue weighted by Gasteiger charge is -2.45. The number of rotatable bonds is 3. The van der Waals surface area contributed by atoms with Gasteiger partial charge in [0.05, 0.1) is 73.6 Å². The largest absolute Gasteiger partial charge is 0.481 e. The van der Waals surface area contributed by atoms with Crippen molar-refractivity contribution in [2.45, 2.75) is 177 Å². The SMILES string of the molecule is C[C@@H]1[C@H](O)[C@@H](C)/C=C/C=C/C=C/C=C/C=C/C=C/C=C/[C@H](O[C@@H]2C[C@@H](N)[C@H](O)[C@H](C)O2)C[C@@H]2O[C@](O)(C[C@@H](O)CC(O)[C@H](O)CCC(O)C[C@@H](O)CC(=O)O[C@H]1C)C[C@H](O)[C@H]2C(=O)O. The van der Waals surface area contributed by atoms with Gasteiger partial charge in [-0.25, -0.2) is 0 Å². The molecule has 0 saturated carbocycles. The number of allylic oxidation sites excluding steroid dienone is 12. The molecule has 2 unspecified atom stereocenters. The molecule has 3 aliphatic rings. The number of nitrogens with two attached hydrogens (primary N) is 1. The summed E-state index contributed by atoms with van der Waals surface area (Å²) in [5.41, 5.74) is 6.12. The van der Waals surface area contributed by atoms with Crippen molar-refractivity contribution in [3.05, 3.63) is 85.1 Å². The zero-order valence-electron chi connectivity index (χ0n) is 37.3. The third-order valence-electron chi connectivity index (χ3n) is 11.9. The summed E-state index contributed by atoms with van der Waals surface area (Å²) in [7, 11) is 0. The monoisotopic (exact) mass is 907 g/mol. The summed E-state index contributed by atoms with van der Waals surface area (Å²) >= 11 is 0. The van der Waals surface area contributed by atoms with E-state index in [9.17, 15) is 60.7 Å². The molecule has 0 spiro atoms. The second kappa shape index (κ2) is 27.3. The van der Waals surface area contributed by atoms with Crippen LogP contribution in [0.15, 0.2) is 85.1 Å². The van der Waals surface area contributed by atoms with Crippen LogP contribution in [-0.2, 0) is 28.5 Å². The van der Waals surface area contributed by atoms with Gasteiger partial charge in [-0.3, -0.25) is 9.59 Å². The number of aliphatic hydroxyl groups is 9. The molecular weight excluding hydrogens is 835 g/mol. The number of carboxylic acids is 1. The van der Waals surface area contributed by atoms with Gasteiger partial charge in [0, 0.05) is 50.0 Å². The van der Waals surface area contributed by atoms with Crippen LogP contribution in [-0.4, -0.2) is 154 Å². The van der Waals surface area contributed by atoms with E-state index in [2.05, 4.69) is 0 Å². The minimum absolute atomic E-state index is 0.0903. The molecule has 0 aromatic carbocycles. The smallest absolute Gasteiger partial charge is 0.311 e. The zero-order chi connectivity index (χ0) is 47.6. The van der Waals surface area contributed by atoms with Gasteiger partial charge >= 0.3 is 11.9 Å². The van der Waals surface area contributed by atoms with E-state index in [1.54, 1.807) is 63.3 Å². The van der Waals surface area contributed by atoms with Crippen LogP contribution in [0.4, 0.5) is 0 Å². The molecule has 3 aliphatic heterocycles. The van der Waals surface area contributed by atoms with Gasteiger partial charge in [0.2, 0.25) is 0 Å². The molecule has 2 bridgehead atoms. The van der Waals surface area contributed by atoms with Crippen molar-refractivity contribution in [2.75, 3.05) is 0 Å². The highest BCUT2D eigenvalue weighted by atomic mass is 16.7. The van der Waals surface area contributed by atoms with Gasteiger partial charge in [-0.05, 0) is 33.1 Å². The van der Waals surface area contributed by atoms with Crippen molar-refractivity contribution >= 4 is 11.9 Å². The fraction of sp³-hybridized carbons (Fsp3) is 0.660. The lowest BCUT2D eigenvalue weighted by atomic mass is 9.82. The molecule has 12 N–H and O–H groups in total. The number of ether oxygens (including phenoxy) is 4. The highest BCUT2D eigenvalue weighted by Gasteiger charge is 2.50. The molecular formula is C47H73NO16. The average molecular weight is 908 g/mol. The molecule has 17 heteroatoms. The molecule has 0 amide bonds. The second-order valence-electron chi connectivity index (χ2n) is 17.5. The predicted molar refractivity (Wildman–Crippen MR) is 236 cm³/mol. The van der Waals surface area contributed by atoms with Crippen molar-refractivity contribution in [2.24, 2.45) is 23.5 Å². The van der Waals surface area contributed by atoms with E-state index in [4.69, 9.17) is 24.7 Å². The summed E-state index contributed by atoms with van der Waals surface area (Å²) in [5, 5.41) is 107. The number of cyclic esters (lactones) is 1. The highest BCUT2D eigenvalue weighted by Crippen LogP contribution is 2.38.